The Kier molecular flexibility index (Phi) is 6.65. The van der Waals surface area contributed by atoms with E-state index in [0.717, 1.165) is 17.5 Å². The first-order valence-corrected chi connectivity index (χ1v) is 9.64. The average molecular weight is 408 g/mol. The summed E-state index contributed by atoms with van der Waals surface area (Å²) in [5.74, 6) is -3.66. The van der Waals surface area contributed by atoms with Gasteiger partial charge in [0.05, 0.1) is 6.61 Å². The SMILES string of the molecule is CCc1ccc(Cc2ccccc2C(F)(F)[C@@H]2O[C@H](CO)[C@@H](O)[C@H](O)[C@H]2O)cc1. The zero-order valence-electron chi connectivity index (χ0n) is 16.1. The summed E-state index contributed by atoms with van der Waals surface area (Å²) < 4.78 is 36.0. The summed E-state index contributed by atoms with van der Waals surface area (Å²) >= 11 is 0. The molecule has 1 saturated heterocycles. The van der Waals surface area contributed by atoms with Gasteiger partial charge in [0, 0.05) is 5.56 Å². The lowest BCUT2D eigenvalue weighted by Gasteiger charge is -2.43. The van der Waals surface area contributed by atoms with Crippen molar-refractivity contribution in [2.75, 3.05) is 6.61 Å². The molecule has 0 amide bonds. The van der Waals surface area contributed by atoms with Crippen molar-refractivity contribution >= 4 is 0 Å². The molecule has 1 fully saturated rings. The van der Waals surface area contributed by atoms with Gasteiger partial charge in [-0.05, 0) is 29.5 Å². The van der Waals surface area contributed by atoms with Crippen LogP contribution in [0.5, 0.6) is 0 Å². The number of ether oxygens (including phenoxy) is 1. The van der Waals surface area contributed by atoms with E-state index in [1.54, 1.807) is 12.1 Å². The standard InChI is InChI=1S/C22H26F2O5/c1-2-13-7-9-14(10-8-13)11-15-5-3-4-6-16(15)22(23,24)21-20(28)19(27)18(26)17(12-25)29-21/h3-10,17-21,25-28H,2,11-12H2,1H3/t17-,18-,19+,20-,21-/m1/s1. The molecule has 3 rings (SSSR count). The Labute approximate surface area is 168 Å². The quantitative estimate of drug-likeness (QED) is 0.585. The van der Waals surface area contributed by atoms with Crippen LogP contribution in [-0.4, -0.2) is 57.6 Å². The van der Waals surface area contributed by atoms with Crippen molar-refractivity contribution in [3.05, 3.63) is 70.8 Å². The molecule has 4 N–H and O–H groups in total. The van der Waals surface area contributed by atoms with E-state index < -0.39 is 43.0 Å². The predicted molar refractivity (Wildman–Crippen MR) is 103 cm³/mol. The molecule has 158 valence electrons. The minimum absolute atomic E-state index is 0.257. The summed E-state index contributed by atoms with van der Waals surface area (Å²) in [6.45, 7) is 1.27. The van der Waals surface area contributed by atoms with Gasteiger partial charge in [-0.2, -0.15) is 8.78 Å². The molecular formula is C22H26F2O5. The second-order valence-electron chi connectivity index (χ2n) is 7.38. The molecule has 0 aliphatic carbocycles. The van der Waals surface area contributed by atoms with Crippen LogP contribution in [0.3, 0.4) is 0 Å². The van der Waals surface area contributed by atoms with E-state index >= 15 is 8.78 Å². The van der Waals surface area contributed by atoms with Crippen molar-refractivity contribution in [3.63, 3.8) is 0 Å². The van der Waals surface area contributed by atoms with Crippen LogP contribution in [-0.2, 0) is 23.5 Å². The van der Waals surface area contributed by atoms with Gasteiger partial charge >= 0.3 is 5.92 Å². The number of hydrogen-bond donors (Lipinski definition) is 4. The summed E-state index contributed by atoms with van der Waals surface area (Å²) in [5, 5.41) is 39.2. The lowest BCUT2D eigenvalue weighted by molar-refractivity contribution is -0.284. The number of aliphatic hydroxyl groups excluding tert-OH is 4. The van der Waals surface area contributed by atoms with Gasteiger partial charge in [0.25, 0.3) is 0 Å². The number of hydrogen-bond acceptors (Lipinski definition) is 5. The molecule has 0 unspecified atom stereocenters. The van der Waals surface area contributed by atoms with Gasteiger partial charge in [-0.15, -0.1) is 0 Å². The molecule has 2 aromatic rings. The van der Waals surface area contributed by atoms with Crippen LogP contribution < -0.4 is 0 Å². The van der Waals surface area contributed by atoms with Gasteiger partial charge in [-0.25, -0.2) is 0 Å². The third-order valence-corrected chi connectivity index (χ3v) is 5.45. The van der Waals surface area contributed by atoms with Crippen LogP contribution in [0.15, 0.2) is 48.5 Å². The molecule has 1 heterocycles. The van der Waals surface area contributed by atoms with Gasteiger partial charge in [0.15, 0.2) is 6.10 Å². The van der Waals surface area contributed by atoms with Crippen molar-refractivity contribution in [1.29, 1.82) is 0 Å². The maximum atomic E-state index is 15.4. The van der Waals surface area contributed by atoms with Crippen molar-refractivity contribution in [2.24, 2.45) is 0 Å². The molecule has 1 aliphatic heterocycles. The van der Waals surface area contributed by atoms with Crippen molar-refractivity contribution < 1.29 is 33.9 Å². The molecule has 5 nitrogen and oxygen atoms in total. The maximum Gasteiger partial charge on any atom is 0.301 e. The van der Waals surface area contributed by atoms with Crippen molar-refractivity contribution in [3.8, 4) is 0 Å². The molecule has 0 radical (unpaired) electrons. The first-order valence-electron chi connectivity index (χ1n) is 9.64. The highest BCUT2D eigenvalue weighted by atomic mass is 19.3. The first-order chi connectivity index (χ1) is 13.8. The summed E-state index contributed by atoms with van der Waals surface area (Å²) in [6, 6.07) is 13.7. The van der Waals surface area contributed by atoms with Crippen LogP contribution in [0.4, 0.5) is 8.78 Å². The monoisotopic (exact) mass is 408 g/mol. The van der Waals surface area contributed by atoms with Crippen LogP contribution >= 0.6 is 0 Å². The number of aliphatic hydroxyl groups is 4. The van der Waals surface area contributed by atoms with Gasteiger partial charge < -0.3 is 25.2 Å². The fraction of sp³-hybridized carbons (Fsp3) is 0.455. The zero-order chi connectivity index (χ0) is 21.2. The Balaban J connectivity index is 1.92. The van der Waals surface area contributed by atoms with E-state index in [1.807, 2.05) is 31.2 Å². The summed E-state index contributed by atoms with van der Waals surface area (Å²) in [6.07, 6.45) is -7.92. The topological polar surface area (TPSA) is 90.2 Å². The second-order valence-corrected chi connectivity index (χ2v) is 7.38. The predicted octanol–water partition coefficient (Wildman–Crippen LogP) is 1.77. The normalized spacial score (nSPS) is 27.8. The lowest BCUT2D eigenvalue weighted by Crippen LogP contribution is -2.62. The first kappa shape index (κ1) is 21.8. The van der Waals surface area contributed by atoms with E-state index in [4.69, 9.17) is 4.74 Å². The Morgan fingerprint density at radius 1 is 0.897 bits per heavy atom. The van der Waals surface area contributed by atoms with Crippen LogP contribution in [0.2, 0.25) is 0 Å². The minimum Gasteiger partial charge on any atom is -0.394 e. The largest absolute Gasteiger partial charge is 0.394 e. The molecule has 5 atom stereocenters. The average Bonchev–Trinajstić information content (AvgIpc) is 2.73. The molecule has 0 bridgehead atoms. The number of benzene rings is 2. The van der Waals surface area contributed by atoms with Gasteiger partial charge in [0.1, 0.15) is 24.4 Å². The molecule has 0 saturated carbocycles. The fourth-order valence-corrected chi connectivity index (χ4v) is 3.67. The fourth-order valence-electron chi connectivity index (χ4n) is 3.67. The van der Waals surface area contributed by atoms with Crippen molar-refractivity contribution in [1.82, 2.24) is 0 Å². The third-order valence-electron chi connectivity index (χ3n) is 5.45. The van der Waals surface area contributed by atoms with Crippen molar-refractivity contribution in [2.45, 2.75) is 56.2 Å². The Hall–Kier alpha value is -1.90. The highest BCUT2D eigenvalue weighted by Crippen LogP contribution is 2.41. The molecule has 2 aromatic carbocycles. The highest BCUT2D eigenvalue weighted by molar-refractivity contribution is 5.37. The summed E-state index contributed by atoms with van der Waals surface area (Å²) in [4.78, 5) is 0. The maximum absolute atomic E-state index is 15.4. The third kappa shape index (κ3) is 4.34. The second kappa shape index (κ2) is 8.85. The van der Waals surface area contributed by atoms with Crippen LogP contribution in [0.1, 0.15) is 29.2 Å². The summed E-state index contributed by atoms with van der Waals surface area (Å²) in [7, 11) is 0. The highest BCUT2D eigenvalue weighted by Gasteiger charge is 2.55. The minimum atomic E-state index is -3.66. The van der Waals surface area contributed by atoms with E-state index in [1.165, 1.54) is 12.1 Å². The van der Waals surface area contributed by atoms with Gasteiger partial charge in [0.2, 0.25) is 0 Å². The Morgan fingerprint density at radius 2 is 1.52 bits per heavy atom. The van der Waals surface area contributed by atoms with E-state index in [0.29, 0.717) is 5.56 Å². The van der Waals surface area contributed by atoms with E-state index in [9.17, 15) is 20.4 Å². The number of halogens is 2. The van der Waals surface area contributed by atoms with Gasteiger partial charge in [-0.1, -0.05) is 55.5 Å². The lowest BCUT2D eigenvalue weighted by atomic mass is 9.86. The zero-order valence-corrected chi connectivity index (χ0v) is 16.1. The Morgan fingerprint density at radius 3 is 2.14 bits per heavy atom. The Bertz CT molecular complexity index is 809. The molecule has 0 spiro atoms. The number of rotatable bonds is 6. The molecular weight excluding hydrogens is 382 g/mol. The smallest absolute Gasteiger partial charge is 0.301 e. The molecule has 29 heavy (non-hydrogen) atoms. The van der Waals surface area contributed by atoms with Crippen LogP contribution in [0.25, 0.3) is 0 Å². The van der Waals surface area contributed by atoms with E-state index in [2.05, 4.69) is 0 Å². The number of alkyl halides is 2. The van der Waals surface area contributed by atoms with E-state index in [-0.39, 0.29) is 12.0 Å². The number of aryl methyl sites for hydroxylation is 1. The molecule has 7 heteroatoms. The molecule has 1 aliphatic rings. The summed E-state index contributed by atoms with van der Waals surface area (Å²) in [5.41, 5.74) is 2.04. The van der Waals surface area contributed by atoms with Gasteiger partial charge in [-0.3, -0.25) is 0 Å². The molecule has 0 aromatic heterocycles. The van der Waals surface area contributed by atoms with Crippen LogP contribution in [0, 0.1) is 0 Å².